The summed E-state index contributed by atoms with van der Waals surface area (Å²) in [6, 6.07) is 3.08. The molecule has 0 heterocycles. The second-order valence-corrected chi connectivity index (χ2v) is 3.65. The van der Waals surface area contributed by atoms with Gasteiger partial charge in [0.1, 0.15) is 5.75 Å². The first kappa shape index (κ1) is 14.8. The summed E-state index contributed by atoms with van der Waals surface area (Å²) in [4.78, 5) is 20.8. The standard InChI is InChI=1S/C11H14FN3O4/c12-9-6-8(2-3-10(9)15(17)18)19-7-11(16)14-5-1-4-13/h2-3,6H,1,4-5,7,13H2,(H,14,16). The molecule has 0 bridgehead atoms. The molecule has 0 unspecified atom stereocenters. The fraction of sp³-hybridized carbons (Fsp3) is 0.364. The Morgan fingerprint density at radius 1 is 1.53 bits per heavy atom. The first-order chi connectivity index (χ1) is 9.04. The molecular formula is C11H14FN3O4. The fourth-order valence-electron chi connectivity index (χ4n) is 1.26. The van der Waals surface area contributed by atoms with Crippen LogP contribution >= 0.6 is 0 Å². The van der Waals surface area contributed by atoms with Gasteiger partial charge in [-0.15, -0.1) is 0 Å². The zero-order chi connectivity index (χ0) is 14.3. The minimum Gasteiger partial charge on any atom is -0.484 e. The number of rotatable bonds is 7. The second-order valence-electron chi connectivity index (χ2n) is 3.65. The Hall–Kier alpha value is -2.22. The van der Waals surface area contributed by atoms with Crippen LogP contribution in [0.2, 0.25) is 0 Å². The number of benzene rings is 1. The lowest BCUT2D eigenvalue weighted by atomic mass is 10.3. The topological polar surface area (TPSA) is 107 Å². The smallest absolute Gasteiger partial charge is 0.305 e. The number of nitrogens with zero attached hydrogens (tertiary/aromatic N) is 1. The van der Waals surface area contributed by atoms with Crippen LogP contribution in [0.5, 0.6) is 5.75 Å². The van der Waals surface area contributed by atoms with Gasteiger partial charge in [-0.2, -0.15) is 4.39 Å². The summed E-state index contributed by atoms with van der Waals surface area (Å²) in [5.74, 6) is -1.32. The SMILES string of the molecule is NCCCNC(=O)COc1ccc([N+](=O)[O-])c(F)c1. The average Bonchev–Trinajstić information content (AvgIpc) is 2.36. The summed E-state index contributed by atoms with van der Waals surface area (Å²) in [5.41, 5.74) is 4.62. The number of amides is 1. The molecule has 0 aromatic heterocycles. The zero-order valence-electron chi connectivity index (χ0n) is 10.1. The Kier molecular flexibility index (Phi) is 5.68. The molecule has 0 aliphatic heterocycles. The molecule has 0 aliphatic rings. The quantitative estimate of drug-likeness (QED) is 0.428. The van der Waals surface area contributed by atoms with Gasteiger partial charge in [0.25, 0.3) is 5.91 Å². The molecule has 0 spiro atoms. The summed E-state index contributed by atoms with van der Waals surface area (Å²) in [7, 11) is 0. The molecule has 0 fully saturated rings. The Bertz CT molecular complexity index is 467. The lowest BCUT2D eigenvalue weighted by molar-refractivity contribution is -0.387. The highest BCUT2D eigenvalue weighted by molar-refractivity contribution is 5.77. The minimum atomic E-state index is -1.01. The molecule has 0 saturated heterocycles. The molecular weight excluding hydrogens is 257 g/mol. The van der Waals surface area contributed by atoms with Crippen molar-refractivity contribution in [2.24, 2.45) is 5.73 Å². The van der Waals surface area contributed by atoms with E-state index in [9.17, 15) is 19.3 Å². The van der Waals surface area contributed by atoms with Gasteiger partial charge in [-0.3, -0.25) is 14.9 Å². The van der Waals surface area contributed by atoms with E-state index in [1.807, 2.05) is 0 Å². The van der Waals surface area contributed by atoms with E-state index in [0.717, 1.165) is 12.1 Å². The summed E-state index contributed by atoms with van der Waals surface area (Å²) in [6.07, 6.45) is 0.651. The Morgan fingerprint density at radius 2 is 2.26 bits per heavy atom. The Morgan fingerprint density at radius 3 is 2.84 bits per heavy atom. The molecule has 0 atom stereocenters. The number of hydrogen-bond donors (Lipinski definition) is 2. The molecule has 104 valence electrons. The monoisotopic (exact) mass is 271 g/mol. The van der Waals surface area contributed by atoms with Crippen molar-refractivity contribution in [3.05, 3.63) is 34.1 Å². The third-order valence-corrected chi connectivity index (χ3v) is 2.19. The van der Waals surface area contributed by atoms with Crippen molar-refractivity contribution in [3.63, 3.8) is 0 Å². The van der Waals surface area contributed by atoms with E-state index in [4.69, 9.17) is 10.5 Å². The summed E-state index contributed by atoms with van der Waals surface area (Å²) in [5, 5.41) is 12.9. The number of nitrogens with one attached hydrogen (secondary N) is 1. The van der Waals surface area contributed by atoms with Gasteiger partial charge in [0.05, 0.1) is 4.92 Å². The van der Waals surface area contributed by atoms with Gasteiger partial charge < -0.3 is 15.8 Å². The van der Waals surface area contributed by atoms with Crippen LogP contribution in [-0.2, 0) is 4.79 Å². The van der Waals surface area contributed by atoms with Crippen LogP contribution in [0, 0.1) is 15.9 Å². The highest BCUT2D eigenvalue weighted by Gasteiger charge is 2.14. The first-order valence-corrected chi connectivity index (χ1v) is 5.58. The number of hydrogen-bond acceptors (Lipinski definition) is 5. The number of ether oxygens (including phenoxy) is 1. The zero-order valence-corrected chi connectivity index (χ0v) is 10.1. The van der Waals surface area contributed by atoms with Crippen molar-refractivity contribution in [2.75, 3.05) is 19.7 Å². The lowest BCUT2D eigenvalue weighted by Gasteiger charge is -2.07. The van der Waals surface area contributed by atoms with E-state index in [2.05, 4.69) is 5.32 Å². The average molecular weight is 271 g/mol. The Balaban J connectivity index is 2.48. The van der Waals surface area contributed by atoms with E-state index in [0.29, 0.717) is 19.5 Å². The number of nitro benzene ring substituents is 1. The van der Waals surface area contributed by atoms with Crippen molar-refractivity contribution < 1.29 is 18.8 Å². The third kappa shape index (κ3) is 4.88. The molecule has 1 aromatic rings. The maximum atomic E-state index is 13.2. The maximum Gasteiger partial charge on any atom is 0.305 e. The number of halogens is 1. The second kappa shape index (κ2) is 7.27. The number of carbonyl (C=O) groups is 1. The predicted molar refractivity (Wildman–Crippen MR) is 65.2 cm³/mol. The van der Waals surface area contributed by atoms with Crippen molar-refractivity contribution in [1.29, 1.82) is 0 Å². The fourth-order valence-corrected chi connectivity index (χ4v) is 1.26. The number of nitro groups is 1. The van der Waals surface area contributed by atoms with E-state index in [-0.39, 0.29) is 18.3 Å². The van der Waals surface area contributed by atoms with Gasteiger partial charge in [-0.25, -0.2) is 0 Å². The molecule has 1 rings (SSSR count). The first-order valence-electron chi connectivity index (χ1n) is 5.58. The molecule has 0 radical (unpaired) electrons. The summed E-state index contributed by atoms with van der Waals surface area (Å²) >= 11 is 0. The summed E-state index contributed by atoms with van der Waals surface area (Å²) < 4.78 is 18.2. The largest absolute Gasteiger partial charge is 0.484 e. The van der Waals surface area contributed by atoms with Crippen LogP contribution in [0.1, 0.15) is 6.42 Å². The molecule has 1 amide bonds. The van der Waals surface area contributed by atoms with Crippen molar-refractivity contribution in [1.82, 2.24) is 5.32 Å². The molecule has 3 N–H and O–H groups in total. The lowest BCUT2D eigenvalue weighted by Crippen LogP contribution is -2.30. The van der Waals surface area contributed by atoms with Gasteiger partial charge in [0.2, 0.25) is 5.82 Å². The molecule has 19 heavy (non-hydrogen) atoms. The number of nitrogens with two attached hydrogens (primary N) is 1. The van der Waals surface area contributed by atoms with E-state index in [1.54, 1.807) is 0 Å². The highest BCUT2D eigenvalue weighted by atomic mass is 19.1. The van der Waals surface area contributed by atoms with Crippen molar-refractivity contribution >= 4 is 11.6 Å². The minimum absolute atomic E-state index is 0.0528. The van der Waals surface area contributed by atoms with Crippen LogP contribution in [-0.4, -0.2) is 30.5 Å². The molecule has 7 nitrogen and oxygen atoms in total. The maximum absolute atomic E-state index is 13.2. The molecule has 0 saturated carbocycles. The van der Waals surface area contributed by atoms with Gasteiger partial charge in [0.15, 0.2) is 6.61 Å². The molecule has 1 aromatic carbocycles. The van der Waals surface area contributed by atoms with Crippen LogP contribution in [0.15, 0.2) is 18.2 Å². The van der Waals surface area contributed by atoms with Gasteiger partial charge >= 0.3 is 5.69 Å². The number of carbonyl (C=O) groups excluding carboxylic acids is 1. The highest BCUT2D eigenvalue weighted by Crippen LogP contribution is 2.22. The predicted octanol–water partition coefficient (Wildman–Crippen LogP) is 0.578. The van der Waals surface area contributed by atoms with Crippen LogP contribution < -0.4 is 15.8 Å². The molecule has 0 aliphatic carbocycles. The van der Waals surface area contributed by atoms with E-state index >= 15 is 0 Å². The normalized spacial score (nSPS) is 10.0. The van der Waals surface area contributed by atoms with Crippen LogP contribution in [0.4, 0.5) is 10.1 Å². The van der Waals surface area contributed by atoms with Gasteiger partial charge in [-0.1, -0.05) is 0 Å². The van der Waals surface area contributed by atoms with Gasteiger partial charge in [-0.05, 0) is 19.0 Å². The van der Waals surface area contributed by atoms with Crippen LogP contribution in [0.3, 0.4) is 0 Å². The van der Waals surface area contributed by atoms with E-state index in [1.165, 1.54) is 6.07 Å². The summed E-state index contributed by atoms with van der Waals surface area (Å²) in [6.45, 7) is 0.615. The van der Waals surface area contributed by atoms with Crippen LogP contribution in [0.25, 0.3) is 0 Å². The van der Waals surface area contributed by atoms with E-state index < -0.39 is 16.4 Å². The van der Waals surface area contributed by atoms with Crippen molar-refractivity contribution in [2.45, 2.75) is 6.42 Å². The molecule has 8 heteroatoms. The van der Waals surface area contributed by atoms with Gasteiger partial charge in [0, 0.05) is 18.7 Å². The van der Waals surface area contributed by atoms with Crippen molar-refractivity contribution in [3.8, 4) is 5.75 Å². The third-order valence-electron chi connectivity index (χ3n) is 2.19. The Labute approximate surface area is 108 Å².